The maximum atomic E-state index is 12.2. The van der Waals surface area contributed by atoms with Crippen LogP contribution in [-0.4, -0.2) is 41.0 Å². The number of esters is 1. The number of carbonyl (C=O) groups excluding carboxylic acids is 1. The molecular weight excluding hydrogens is 257 g/mol. The van der Waals surface area contributed by atoms with Crippen LogP contribution in [0.5, 0.6) is 0 Å². The molecule has 0 rings (SSSR count). The molecule has 0 spiro atoms. The van der Waals surface area contributed by atoms with Gasteiger partial charge in [0.15, 0.2) is 11.5 Å². The van der Waals surface area contributed by atoms with Gasteiger partial charge >= 0.3 is 18.1 Å². The summed E-state index contributed by atoms with van der Waals surface area (Å²) in [5.41, 5.74) is -2.38. The molecule has 0 aromatic carbocycles. The van der Waals surface area contributed by atoms with Gasteiger partial charge in [0, 0.05) is 6.42 Å². The zero-order chi connectivity index (χ0) is 14.6. The molecule has 0 aliphatic carbocycles. The van der Waals surface area contributed by atoms with Crippen molar-refractivity contribution in [1.29, 1.82) is 0 Å². The van der Waals surface area contributed by atoms with Gasteiger partial charge in [0.2, 0.25) is 0 Å². The van der Waals surface area contributed by atoms with Crippen molar-refractivity contribution in [3.8, 4) is 0 Å². The van der Waals surface area contributed by atoms with E-state index in [1.54, 1.807) is 0 Å². The summed E-state index contributed by atoms with van der Waals surface area (Å²) in [6, 6.07) is 0. The van der Waals surface area contributed by atoms with Crippen molar-refractivity contribution in [3.63, 3.8) is 0 Å². The van der Waals surface area contributed by atoms with Crippen LogP contribution in [0, 0.1) is 5.41 Å². The van der Waals surface area contributed by atoms with E-state index >= 15 is 0 Å². The first kappa shape index (κ1) is 16.7. The molecule has 0 aliphatic heterocycles. The summed E-state index contributed by atoms with van der Waals surface area (Å²) in [5.74, 6) is -3.02. The van der Waals surface area contributed by atoms with Crippen LogP contribution in [0.15, 0.2) is 0 Å². The Balaban J connectivity index is 5.23. The lowest BCUT2D eigenvalue weighted by atomic mass is 9.79. The number of hydrogen-bond donors (Lipinski definition) is 2. The van der Waals surface area contributed by atoms with Crippen molar-refractivity contribution >= 4 is 11.9 Å². The number of aliphatic hydroxyl groups is 1. The molecule has 0 saturated carbocycles. The SMILES string of the molecule is CCOC(=O)C(CC)(CC(O)C(F)(F)F)C(=O)O. The molecule has 0 radical (unpaired) electrons. The number of rotatable bonds is 6. The van der Waals surface area contributed by atoms with Gasteiger partial charge in [-0.05, 0) is 13.3 Å². The minimum absolute atomic E-state index is 0.157. The molecule has 0 aromatic rings. The van der Waals surface area contributed by atoms with Gasteiger partial charge < -0.3 is 14.9 Å². The second-order valence-corrected chi connectivity index (χ2v) is 3.72. The standard InChI is InChI=1S/C10H15F3O5/c1-3-9(7(15)16,8(17)18-4-2)5-6(14)10(11,12)13/h6,14H,3-5H2,1-2H3,(H,15,16). The minimum Gasteiger partial charge on any atom is -0.480 e. The minimum atomic E-state index is -4.98. The highest BCUT2D eigenvalue weighted by Crippen LogP contribution is 2.35. The Hall–Kier alpha value is -1.31. The number of ether oxygens (including phenoxy) is 1. The van der Waals surface area contributed by atoms with Crippen LogP contribution in [-0.2, 0) is 14.3 Å². The van der Waals surface area contributed by atoms with Crippen LogP contribution >= 0.6 is 0 Å². The lowest BCUT2D eigenvalue weighted by molar-refractivity contribution is -0.216. The molecule has 8 heteroatoms. The van der Waals surface area contributed by atoms with E-state index in [9.17, 15) is 22.8 Å². The van der Waals surface area contributed by atoms with E-state index in [2.05, 4.69) is 4.74 Å². The van der Waals surface area contributed by atoms with Crippen LogP contribution in [0.4, 0.5) is 13.2 Å². The van der Waals surface area contributed by atoms with Gasteiger partial charge in [-0.3, -0.25) is 9.59 Å². The summed E-state index contributed by atoms with van der Waals surface area (Å²) >= 11 is 0. The number of alkyl halides is 3. The molecule has 18 heavy (non-hydrogen) atoms. The number of carboxylic acids is 1. The first-order valence-electron chi connectivity index (χ1n) is 5.27. The Morgan fingerprint density at radius 1 is 1.28 bits per heavy atom. The molecule has 2 N–H and O–H groups in total. The topological polar surface area (TPSA) is 83.8 Å². The highest BCUT2D eigenvalue weighted by atomic mass is 19.4. The molecular formula is C10H15F3O5. The Bertz CT molecular complexity index is 315. The molecule has 0 amide bonds. The molecule has 2 atom stereocenters. The lowest BCUT2D eigenvalue weighted by Crippen LogP contribution is -2.46. The normalized spacial score (nSPS) is 16.8. The summed E-state index contributed by atoms with van der Waals surface area (Å²) in [6.07, 6.45) is -9.55. The smallest absolute Gasteiger partial charge is 0.414 e. The van der Waals surface area contributed by atoms with Crippen molar-refractivity contribution in [3.05, 3.63) is 0 Å². The van der Waals surface area contributed by atoms with Crippen molar-refractivity contribution in [2.75, 3.05) is 6.61 Å². The van der Waals surface area contributed by atoms with E-state index < -0.39 is 42.5 Å². The monoisotopic (exact) mass is 272 g/mol. The van der Waals surface area contributed by atoms with Crippen molar-refractivity contribution in [2.45, 2.75) is 39.0 Å². The summed E-state index contributed by atoms with van der Waals surface area (Å²) in [5, 5.41) is 17.9. The van der Waals surface area contributed by atoms with Gasteiger partial charge in [-0.15, -0.1) is 0 Å². The van der Waals surface area contributed by atoms with Gasteiger partial charge in [-0.1, -0.05) is 6.92 Å². The second kappa shape index (κ2) is 6.03. The van der Waals surface area contributed by atoms with Crippen LogP contribution in [0.3, 0.4) is 0 Å². The molecule has 2 unspecified atom stereocenters. The van der Waals surface area contributed by atoms with Gasteiger partial charge in [-0.2, -0.15) is 13.2 Å². The van der Waals surface area contributed by atoms with E-state index in [-0.39, 0.29) is 6.61 Å². The number of aliphatic hydroxyl groups excluding tert-OH is 1. The molecule has 106 valence electrons. The highest BCUT2D eigenvalue weighted by molar-refractivity contribution is 5.99. The number of carboxylic acid groups (broad SMARTS) is 1. The third kappa shape index (κ3) is 3.59. The van der Waals surface area contributed by atoms with E-state index in [1.165, 1.54) is 13.8 Å². The van der Waals surface area contributed by atoms with Gasteiger partial charge in [0.05, 0.1) is 6.61 Å². The molecule has 0 heterocycles. The predicted octanol–water partition coefficient (Wildman–Crippen LogP) is 1.34. The number of halogens is 3. The Morgan fingerprint density at radius 2 is 1.78 bits per heavy atom. The number of aliphatic carboxylic acids is 1. The number of carbonyl (C=O) groups is 2. The van der Waals surface area contributed by atoms with Crippen LogP contribution in [0.1, 0.15) is 26.7 Å². The fourth-order valence-corrected chi connectivity index (χ4v) is 1.41. The maximum absolute atomic E-state index is 12.2. The molecule has 0 aromatic heterocycles. The van der Waals surface area contributed by atoms with Crippen LogP contribution in [0.2, 0.25) is 0 Å². The number of hydrogen-bond acceptors (Lipinski definition) is 4. The van der Waals surface area contributed by atoms with E-state index in [0.717, 1.165) is 0 Å². The molecule has 0 aliphatic rings. The summed E-state index contributed by atoms with van der Waals surface area (Å²) in [6.45, 7) is 2.49. The van der Waals surface area contributed by atoms with E-state index in [4.69, 9.17) is 10.2 Å². The van der Waals surface area contributed by atoms with Gasteiger partial charge in [-0.25, -0.2) is 0 Å². The average Bonchev–Trinajstić information content (AvgIpc) is 2.23. The Morgan fingerprint density at radius 3 is 2.06 bits per heavy atom. The quantitative estimate of drug-likeness (QED) is 0.563. The Labute approximate surface area is 102 Å². The maximum Gasteiger partial charge on any atom is 0.414 e. The Kier molecular flexibility index (Phi) is 5.59. The fraction of sp³-hybridized carbons (Fsp3) is 0.800. The van der Waals surface area contributed by atoms with Gasteiger partial charge in [0.1, 0.15) is 0 Å². The largest absolute Gasteiger partial charge is 0.480 e. The summed E-state index contributed by atoms with van der Waals surface area (Å²) in [7, 11) is 0. The predicted molar refractivity (Wildman–Crippen MR) is 53.7 cm³/mol. The van der Waals surface area contributed by atoms with E-state index in [0.29, 0.717) is 0 Å². The highest BCUT2D eigenvalue weighted by Gasteiger charge is 2.52. The first-order chi connectivity index (χ1) is 8.11. The third-order valence-corrected chi connectivity index (χ3v) is 2.60. The van der Waals surface area contributed by atoms with Crippen LogP contribution < -0.4 is 0 Å². The lowest BCUT2D eigenvalue weighted by Gasteiger charge is -2.28. The zero-order valence-electron chi connectivity index (χ0n) is 9.95. The fourth-order valence-electron chi connectivity index (χ4n) is 1.41. The summed E-state index contributed by atoms with van der Waals surface area (Å²) < 4.78 is 41.2. The molecule has 0 fully saturated rings. The van der Waals surface area contributed by atoms with Crippen molar-refractivity contribution in [2.24, 2.45) is 5.41 Å². The molecule has 0 bridgehead atoms. The average molecular weight is 272 g/mol. The van der Waals surface area contributed by atoms with Crippen molar-refractivity contribution in [1.82, 2.24) is 0 Å². The van der Waals surface area contributed by atoms with Crippen LogP contribution in [0.25, 0.3) is 0 Å². The molecule has 0 saturated heterocycles. The van der Waals surface area contributed by atoms with E-state index in [1.807, 2.05) is 0 Å². The second-order valence-electron chi connectivity index (χ2n) is 3.72. The first-order valence-corrected chi connectivity index (χ1v) is 5.27. The summed E-state index contributed by atoms with van der Waals surface area (Å²) in [4.78, 5) is 22.6. The van der Waals surface area contributed by atoms with Gasteiger partial charge in [0.25, 0.3) is 0 Å². The van der Waals surface area contributed by atoms with Crippen molar-refractivity contribution < 1.29 is 37.7 Å². The molecule has 5 nitrogen and oxygen atoms in total. The zero-order valence-corrected chi connectivity index (χ0v) is 9.95. The third-order valence-electron chi connectivity index (χ3n) is 2.60.